The molecule has 0 bridgehead atoms. The molecule has 0 radical (unpaired) electrons. The van der Waals surface area contributed by atoms with E-state index in [4.69, 9.17) is 0 Å². The summed E-state index contributed by atoms with van der Waals surface area (Å²) in [6, 6.07) is 26.4. The van der Waals surface area contributed by atoms with Crippen molar-refractivity contribution in [1.29, 1.82) is 0 Å². The van der Waals surface area contributed by atoms with Gasteiger partial charge in [0.15, 0.2) is 0 Å². The molecule has 0 saturated heterocycles. The third-order valence-electron chi connectivity index (χ3n) is 3.93. The van der Waals surface area contributed by atoms with E-state index in [2.05, 4.69) is 30.3 Å². The summed E-state index contributed by atoms with van der Waals surface area (Å²) in [7, 11) is -1.12. The van der Waals surface area contributed by atoms with Gasteiger partial charge in [-0.1, -0.05) is 66.2 Å². The monoisotopic (exact) mass is 320 g/mol. The summed E-state index contributed by atoms with van der Waals surface area (Å²) in [6.07, 6.45) is 1.86. The lowest BCUT2D eigenvalue weighted by Gasteiger charge is -2.10. The lowest BCUT2D eigenvalue weighted by molar-refractivity contribution is 0.682. The minimum absolute atomic E-state index is 0.864. The molecule has 0 fully saturated rings. The van der Waals surface area contributed by atoms with Crippen LogP contribution in [-0.4, -0.2) is 4.21 Å². The molecule has 0 aliphatic rings. The molecular formula is C21H20OS. The largest absolute Gasteiger partial charge is 0.249 e. The third kappa shape index (κ3) is 3.96. The number of benzene rings is 3. The van der Waals surface area contributed by atoms with E-state index >= 15 is 0 Å². The first-order valence-corrected chi connectivity index (χ1v) is 8.99. The maximum absolute atomic E-state index is 12.9. The fourth-order valence-electron chi connectivity index (χ4n) is 2.60. The van der Waals surface area contributed by atoms with Gasteiger partial charge in [-0.25, -0.2) is 4.21 Å². The summed E-state index contributed by atoms with van der Waals surface area (Å²) in [5.41, 5.74) is 3.65. The molecule has 3 aromatic rings. The zero-order chi connectivity index (χ0) is 16.1. The van der Waals surface area contributed by atoms with Crippen LogP contribution in [0.3, 0.4) is 0 Å². The third-order valence-corrected chi connectivity index (χ3v) is 5.43. The van der Waals surface area contributed by atoms with E-state index in [9.17, 15) is 4.21 Å². The number of rotatable bonds is 5. The van der Waals surface area contributed by atoms with Crippen molar-refractivity contribution in [2.75, 3.05) is 0 Å². The maximum atomic E-state index is 12.9. The average Bonchev–Trinajstić information content (AvgIpc) is 2.61. The SMILES string of the molecule is Cc1ccc(S(=O)c2ccccc2CCc2ccccc2)cc1. The summed E-state index contributed by atoms with van der Waals surface area (Å²) < 4.78 is 12.9. The smallest absolute Gasteiger partial charge is 0.0852 e. The first-order valence-electron chi connectivity index (χ1n) is 7.84. The van der Waals surface area contributed by atoms with Gasteiger partial charge in [0.05, 0.1) is 10.8 Å². The fraction of sp³-hybridized carbons (Fsp3) is 0.143. The lowest BCUT2D eigenvalue weighted by Crippen LogP contribution is -2.00. The molecule has 0 aromatic heterocycles. The Balaban J connectivity index is 1.82. The maximum Gasteiger partial charge on any atom is 0.0852 e. The van der Waals surface area contributed by atoms with Crippen molar-refractivity contribution in [1.82, 2.24) is 0 Å². The van der Waals surface area contributed by atoms with Gasteiger partial charge < -0.3 is 0 Å². The number of aryl methyl sites for hydroxylation is 3. The second-order valence-corrected chi connectivity index (χ2v) is 7.12. The van der Waals surface area contributed by atoms with Crippen molar-refractivity contribution in [3.63, 3.8) is 0 Å². The second-order valence-electron chi connectivity index (χ2n) is 5.68. The Kier molecular flexibility index (Phi) is 5.04. The highest BCUT2D eigenvalue weighted by Gasteiger charge is 2.11. The quantitative estimate of drug-likeness (QED) is 0.650. The van der Waals surface area contributed by atoms with Crippen LogP contribution in [0.2, 0.25) is 0 Å². The van der Waals surface area contributed by atoms with Crippen molar-refractivity contribution in [2.24, 2.45) is 0 Å². The molecule has 23 heavy (non-hydrogen) atoms. The zero-order valence-electron chi connectivity index (χ0n) is 13.2. The molecule has 116 valence electrons. The molecule has 0 aliphatic carbocycles. The Bertz CT molecular complexity index is 792. The van der Waals surface area contributed by atoms with E-state index in [-0.39, 0.29) is 0 Å². The zero-order valence-corrected chi connectivity index (χ0v) is 14.1. The molecule has 0 aliphatic heterocycles. The molecule has 2 heteroatoms. The average molecular weight is 320 g/mol. The van der Waals surface area contributed by atoms with Crippen LogP contribution in [0.5, 0.6) is 0 Å². The Labute approximate surface area is 140 Å². The van der Waals surface area contributed by atoms with Gasteiger partial charge in [0.1, 0.15) is 0 Å². The first kappa shape index (κ1) is 15.7. The topological polar surface area (TPSA) is 17.1 Å². The number of hydrogen-bond donors (Lipinski definition) is 0. The van der Waals surface area contributed by atoms with Crippen molar-refractivity contribution >= 4 is 10.8 Å². The van der Waals surface area contributed by atoms with E-state index in [1.807, 2.05) is 55.5 Å². The van der Waals surface area contributed by atoms with Gasteiger partial charge in [-0.15, -0.1) is 0 Å². The van der Waals surface area contributed by atoms with E-state index in [1.54, 1.807) is 0 Å². The minimum Gasteiger partial charge on any atom is -0.249 e. The first-order chi connectivity index (χ1) is 11.2. The van der Waals surface area contributed by atoms with Gasteiger partial charge in [0, 0.05) is 9.79 Å². The Hall–Kier alpha value is -2.19. The van der Waals surface area contributed by atoms with Gasteiger partial charge in [0.25, 0.3) is 0 Å². The minimum atomic E-state index is -1.12. The molecule has 0 saturated carbocycles. The van der Waals surface area contributed by atoms with E-state index < -0.39 is 10.8 Å². The van der Waals surface area contributed by atoms with Crippen LogP contribution in [-0.2, 0) is 23.6 Å². The fourth-order valence-corrected chi connectivity index (χ4v) is 3.85. The van der Waals surface area contributed by atoms with Crippen LogP contribution >= 0.6 is 0 Å². The highest BCUT2D eigenvalue weighted by molar-refractivity contribution is 7.85. The molecule has 0 heterocycles. The van der Waals surface area contributed by atoms with E-state index in [0.717, 1.165) is 28.2 Å². The standard InChI is InChI=1S/C21H20OS/c1-17-11-15-20(16-12-17)23(22)21-10-6-5-9-19(21)14-13-18-7-3-2-4-8-18/h2-12,15-16H,13-14H2,1H3. The van der Waals surface area contributed by atoms with Gasteiger partial charge in [0.2, 0.25) is 0 Å². The predicted molar refractivity (Wildman–Crippen MR) is 96.1 cm³/mol. The summed E-state index contributed by atoms with van der Waals surface area (Å²) in [5, 5.41) is 0. The molecule has 0 amide bonds. The van der Waals surface area contributed by atoms with Gasteiger partial charge in [-0.3, -0.25) is 0 Å². The molecule has 1 nitrogen and oxygen atoms in total. The van der Waals surface area contributed by atoms with Crippen LogP contribution in [0.25, 0.3) is 0 Å². The Morgan fingerprint density at radius 1 is 0.739 bits per heavy atom. The van der Waals surface area contributed by atoms with Crippen molar-refractivity contribution in [2.45, 2.75) is 29.6 Å². The van der Waals surface area contributed by atoms with Crippen LogP contribution < -0.4 is 0 Å². The van der Waals surface area contributed by atoms with Crippen LogP contribution in [0.15, 0.2) is 88.7 Å². The number of hydrogen-bond acceptors (Lipinski definition) is 1. The van der Waals surface area contributed by atoms with E-state index in [0.29, 0.717) is 0 Å². The van der Waals surface area contributed by atoms with Crippen molar-refractivity contribution in [3.05, 3.63) is 95.6 Å². The molecule has 0 N–H and O–H groups in total. The molecule has 3 rings (SSSR count). The normalized spacial score (nSPS) is 12.0. The lowest BCUT2D eigenvalue weighted by atomic mass is 10.0. The molecule has 0 spiro atoms. The van der Waals surface area contributed by atoms with Crippen LogP contribution in [0, 0.1) is 6.92 Å². The van der Waals surface area contributed by atoms with Crippen LogP contribution in [0.4, 0.5) is 0 Å². The molecule has 1 atom stereocenters. The highest BCUT2D eigenvalue weighted by atomic mass is 32.2. The molecule has 1 unspecified atom stereocenters. The van der Waals surface area contributed by atoms with Gasteiger partial charge in [-0.2, -0.15) is 0 Å². The van der Waals surface area contributed by atoms with E-state index in [1.165, 1.54) is 11.1 Å². The second kappa shape index (κ2) is 7.38. The highest BCUT2D eigenvalue weighted by Crippen LogP contribution is 2.22. The van der Waals surface area contributed by atoms with Crippen molar-refractivity contribution < 1.29 is 4.21 Å². The predicted octanol–water partition coefficient (Wildman–Crippen LogP) is 4.95. The van der Waals surface area contributed by atoms with Gasteiger partial charge in [-0.05, 0) is 49.1 Å². The summed E-state index contributed by atoms with van der Waals surface area (Å²) in [6.45, 7) is 2.04. The Morgan fingerprint density at radius 2 is 1.39 bits per heavy atom. The Morgan fingerprint density at radius 3 is 2.13 bits per heavy atom. The summed E-state index contributed by atoms with van der Waals surface area (Å²) in [4.78, 5) is 1.79. The molecular weight excluding hydrogens is 300 g/mol. The summed E-state index contributed by atoms with van der Waals surface area (Å²) in [5.74, 6) is 0. The molecule has 3 aromatic carbocycles. The van der Waals surface area contributed by atoms with Crippen molar-refractivity contribution in [3.8, 4) is 0 Å². The summed E-state index contributed by atoms with van der Waals surface area (Å²) >= 11 is 0. The van der Waals surface area contributed by atoms with Crippen LogP contribution in [0.1, 0.15) is 16.7 Å². The van der Waals surface area contributed by atoms with Gasteiger partial charge >= 0.3 is 0 Å².